The van der Waals surface area contributed by atoms with Crippen LogP contribution in [0, 0.1) is 0 Å². The number of nitrogens with zero attached hydrogens (tertiary/aromatic N) is 2. The average Bonchev–Trinajstić information content (AvgIpc) is 3.34. The summed E-state index contributed by atoms with van der Waals surface area (Å²) in [5.41, 5.74) is 12.1. The van der Waals surface area contributed by atoms with Crippen molar-refractivity contribution in [2.75, 3.05) is 17.2 Å². The lowest BCUT2D eigenvalue weighted by Gasteiger charge is -2.10. The number of nitrogens with two attached hydrogens (primary N) is 1. The molecular formula is C31H25N5O2. The van der Waals surface area contributed by atoms with Gasteiger partial charge in [0, 0.05) is 39.3 Å². The molecule has 4 aromatic carbocycles. The average molecular weight is 500 g/mol. The Labute approximate surface area is 219 Å². The zero-order valence-corrected chi connectivity index (χ0v) is 20.5. The molecule has 0 aliphatic heterocycles. The van der Waals surface area contributed by atoms with E-state index >= 15 is 0 Å². The second-order valence-corrected chi connectivity index (χ2v) is 8.96. The van der Waals surface area contributed by atoms with Gasteiger partial charge in [-0.25, -0.2) is 9.97 Å². The minimum absolute atomic E-state index is 0.162. The number of hydrogen-bond donors (Lipinski definition) is 3. The van der Waals surface area contributed by atoms with E-state index < -0.39 is 0 Å². The van der Waals surface area contributed by atoms with Crippen molar-refractivity contribution in [3.05, 3.63) is 115 Å². The second kappa shape index (κ2) is 10.2. The van der Waals surface area contributed by atoms with Crippen molar-refractivity contribution in [2.24, 2.45) is 5.73 Å². The van der Waals surface area contributed by atoms with Crippen LogP contribution in [0.1, 0.15) is 15.9 Å². The van der Waals surface area contributed by atoms with Gasteiger partial charge < -0.3 is 20.8 Å². The maximum atomic E-state index is 12.6. The number of para-hydroxylation sites is 2. The maximum absolute atomic E-state index is 12.6. The van der Waals surface area contributed by atoms with Crippen molar-refractivity contribution in [1.82, 2.24) is 9.97 Å². The van der Waals surface area contributed by atoms with Gasteiger partial charge in [0.2, 0.25) is 0 Å². The van der Waals surface area contributed by atoms with E-state index in [2.05, 4.69) is 32.7 Å². The van der Waals surface area contributed by atoms with E-state index in [0.717, 1.165) is 50.9 Å². The maximum Gasteiger partial charge on any atom is 0.255 e. The normalized spacial score (nSPS) is 11.1. The summed E-state index contributed by atoms with van der Waals surface area (Å²) in [6, 6.07) is 30.9. The summed E-state index contributed by atoms with van der Waals surface area (Å²) in [4.78, 5) is 21.5. The summed E-state index contributed by atoms with van der Waals surface area (Å²) in [5.74, 6) is 0.489. The molecule has 0 atom stereocenters. The van der Waals surface area contributed by atoms with Gasteiger partial charge in [0.05, 0.1) is 5.69 Å². The number of hydrogen-bond acceptors (Lipinski definition) is 6. The molecule has 2 heterocycles. The fourth-order valence-corrected chi connectivity index (χ4v) is 4.50. The van der Waals surface area contributed by atoms with Crippen molar-refractivity contribution in [1.29, 1.82) is 0 Å². The van der Waals surface area contributed by atoms with Crippen LogP contribution >= 0.6 is 0 Å². The Balaban J connectivity index is 1.18. The van der Waals surface area contributed by atoms with Crippen LogP contribution in [-0.2, 0) is 6.42 Å². The van der Waals surface area contributed by atoms with E-state index in [-0.39, 0.29) is 5.91 Å². The molecule has 6 aromatic rings. The first-order valence-electron chi connectivity index (χ1n) is 12.4. The highest BCUT2D eigenvalue weighted by Crippen LogP contribution is 2.35. The summed E-state index contributed by atoms with van der Waals surface area (Å²) in [6.07, 6.45) is 2.33. The minimum atomic E-state index is -0.162. The van der Waals surface area contributed by atoms with Crippen LogP contribution in [-0.4, -0.2) is 22.4 Å². The van der Waals surface area contributed by atoms with Gasteiger partial charge in [0.15, 0.2) is 0 Å². The molecule has 0 spiro atoms. The Kier molecular flexibility index (Phi) is 6.25. The molecule has 0 radical (unpaired) electrons. The first-order chi connectivity index (χ1) is 18.7. The molecule has 7 heteroatoms. The largest absolute Gasteiger partial charge is 0.455 e. The van der Waals surface area contributed by atoms with E-state index in [1.165, 1.54) is 6.33 Å². The fourth-order valence-electron chi connectivity index (χ4n) is 4.50. The number of carbonyl (C=O) groups excluding carboxylic acids is 1. The molecule has 0 saturated heterocycles. The Morgan fingerprint density at radius 2 is 1.58 bits per heavy atom. The highest BCUT2D eigenvalue weighted by Gasteiger charge is 2.13. The van der Waals surface area contributed by atoms with Crippen LogP contribution < -0.4 is 16.4 Å². The van der Waals surface area contributed by atoms with Crippen LogP contribution in [0.15, 0.2) is 108 Å². The molecule has 0 fully saturated rings. The molecular weight excluding hydrogens is 474 g/mol. The third-order valence-corrected chi connectivity index (χ3v) is 6.41. The number of rotatable bonds is 7. The number of fused-ring (bicyclic) bond motifs is 3. The molecule has 6 rings (SSSR count). The van der Waals surface area contributed by atoms with Gasteiger partial charge in [0.1, 0.15) is 23.3 Å². The first kappa shape index (κ1) is 23.4. The van der Waals surface area contributed by atoms with E-state index in [1.54, 1.807) is 0 Å². The van der Waals surface area contributed by atoms with Crippen LogP contribution in [0.5, 0.6) is 0 Å². The van der Waals surface area contributed by atoms with Gasteiger partial charge >= 0.3 is 0 Å². The van der Waals surface area contributed by atoms with E-state index in [4.69, 9.17) is 10.2 Å². The van der Waals surface area contributed by atoms with Crippen molar-refractivity contribution in [2.45, 2.75) is 6.42 Å². The first-order valence-corrected chi connectivity index (χ1v) is 12.4. The van der Waals surface area contributed by atoms with Crippen LogP contribution in [0.25, 0.3) is 33.2 Å². The van der Waals surface area contributed by atoms with E-state index in [1.807, 2.05) is 84.9 Å². The minimum Gasteiger partial charge on any atom is -0.455 e. The second-order valence-electron chi connectivity index (χ2n) is 8.96. The number of aromatic nitrogens is 2. The number of amides is 1. The molecule has 186 valence electrons. The van der Waals surface area contributed by atoms with Gasteiger partial charge in [0.25, 0.3) is 5.91 Å². The lowest BCUT2D eigenvalue weighted by Crippen LogP contribution is -2.12. The zero-order chi connectivity index (χ0) is 25.9. The molecule has 2 aromatic heterocycles. The summed E-state index contributed by atoms with van der Waals surface area (Å²) >= 11 is 0. The molecule has 7 nitrogen and oxygen atoms in total. The summed E-state index contributed by atoms with van der Waals surface area (Å²) in [7, 11) is 0. The highest BCUT2D eigenvalue weighted by molar-refractivity contribution is 6.09. The molecule has 0 bridgehead atoms. The molecule has 38 heavy (non-hydrogen) atoms. The van der Waals surface area contributed by atoms with Gasteiger partial charge in [-0.3, -0.25) is 4.79 Å². The smallest absolute Gasteiger partial charge is 0.255 e. The highest BCUT2D eigenvalue weighted by atomic mass is 16.3. The van der Waals surface area contributed by atoms with Gasteiger partial charge in [-0.1, -0.05) is 42.5 Å². The summed E-state index contributed by atoms with van der Waals surface area (Å²) < 4.78 is 6.17. The number of furan rings is 1. The lowest BCUT2D eigenvalue weighted by atomic mass is 10.1. The van der Waals surface area contributed by atoms with Crippen molar-refractivity contribution < 1.29 is 9.21 Å². The number of nitrogens with one attached hydrogen (secondary N) is 2. The lowest BCUT2D eigenvalue weighted by molar-refractivity contribution is 0.102. The Bertz CT molecular complexity index is 1740. The molecule has 0 aliphatic carbocycles. The quantitative estimate of drug-likeness (QED) is 0.230. The van der Waals surface area contributed by atoms with E-state index in [0.29, 0.717) is 23.6 Å². The molecule has 1 amide bonds. The molecule has 0 unspecified atom stereocenters. The third-order valence-electron chi connectivity index (χ3n) is 6.41. The zero-order valence-electron chi connectivity index (χ0n) is 20.5. The van der Waals surface area contributed by atoms with E-state index in [9.17, 15) is 4.79 Å². The van der Waals surface area contributed by atoms with Crippen molar-refractivity contribution in [3.8, 4) is 11.3 Å². The molecule has 0 aliphatic rings. The monoisotopic (exact) mass is 499 g/mol. The van der Waals surface area contributed by atoms with Gasteiger partial charge in [-0.2, -0.15) is 0 Å². The summed E-state index contributed by atoms with van der Waals surface area (Å²) in [5, 5.41) is 8.37. The Morgan fingerprint density at radius 1 is 0.816 bits per heavy atom. The number of benzene rings is 4. The Hall–Kier alpha value is -5.01. The molecule has 0 saturated carbocycles. The SMILES string of the molecule is NCCc1ccc(C(=O)Nc2ccc(Nc3cc(-c4cccc5c4oc4ccccc45)ncn3)cc2)cc1. The number of carbonyl (C=O) groups is 1. The standard InChI is InChI=1S/C31H25N5O2/c32-17-16-20-8-10-21(11-9-20)31(37)36-23-14-12-22(13-15-23)35-29-18-27(33-19-34-29)26-6-3-5-25-24-4-1-2-7-28(24)38-30(25)26/h1-15,18-19H,16-17,32H2,(H,36,37)(H,33,34,35). The van der Waals surface area contributed by atoms with Crippen molar-refractivity contribution in [3.63, 3.8) is 0 Å². The predicted molar refractivity (Wildman–Crippen MR) is 152 cm³/mol. The van der Waals surface area contributed by atoms with Gasteiger partial charge in [-0.15, -0.1) is 0 Å². The van der Waals surface area contributed by atoms with Crippen molar-refractivity contribution >= 4 is 45.0 Å². The molecule has 4 N–H and O–H groups in total. The fraction of sp³-hybridized carbons (Fsp3) is 0.0645. The summed E-state index contributed by atoms with van der Waals surface area (Å²) in [6.45, 7) is 0.583. The van der Waals surface area contributed by atoms with Crippen LogP contribution in [0.3, 0.4) is 0 Å². The predicted octanol–water partition coefficient (Wildman–Crippen LogP) is 6.54. The Morgan fingerprint density at radius 3 is 2.39 bits per heavy atom. The van der Waals surface area contributed by atoms with Crippen LogP contribution in [0.2, 0.25) is 0 Å². The van der Waals surface area contributed by atoms with Crippen LogP contribution in [0.4, 0.5) is 17.2 Å². The number of anilines is 3. The topological polar surface area (TPSA) is 106 Å². The third kappa shape index (κ3) is 4.70. The van der Waals surface area contributed by atoms with Gasteiger partial charge in [-0.05, 0) is 67.1 Å².